The third-order valence-electron chi connectivity index (χ3n) is 7.76. The normalized spacial score (nSPS) is 23.4. The van der Waals surface area contributed by atoms with Crippen LogP contribution in [0.2, 0.25) is 0 Å². The summed E-state index contributed by atoms with van der Waals surface area (Å²) in [7, 11) is 0. The number of carbonyl (C=O) groups excluding carboxylic acids is 1. The van der Waals surface area contributed by atoms with E-state index in [9.17, 15) is 9.18 Å². The Bertz CT molecular complexity index is 854. The molecule has 0 radical (unpaired) electrons. The molecule has 0 aromatic heterocycles. The van der Waals surface area contributed by atoms with E-state index < -0.39 is 0 Å². The molecule has 1 aliphatic carbocycles. The lowest BCUT2D eigenvalue weighted by atomic mass is 9.63. The molecular formula is C26H39FN4O. The lowest BCUT2D eigenvalue weighted by molar-refractivity contribution is -0.122. The Morgan fingerprint density at radius 2 is 1.97 bits per heavy atom. The van der Waals surface area contributed by atoms with E-state index in [2.05, 4.69) is 31.0 Å². The lowest BCUT2D eigenvalue weighted by Gasteiger charge is -2.47. The minimum Gasteiger partial charge on any atom is -0.351 e. The van der Waals surface area contributed by atoms with Crippen molar-refractivity contribution in [1.29, 1.82) is 5.41 Å². The number of amides is 1. The van der Waals surface area contributed by atoms with Gasteiger partial charge in [0.15, 0.2) is 0 Å². The van der Waals surface area contributed by atoms with Crippen molar-refractivity contribution < 1.29 is 9.18 Å². The van der Waals surface area contributed by atoms with Crippen LogP contribution in [0.15, 0.2) is 18.2 Å². The van der Waals surface area contributed by atoms with Crippen LogP contribution in [0.1, 0.15) is 82.9 Å². The summed E-state index contributed by atoms with van der Waals surface area (Å²) in [4.78, 5) is 17.1. The summed E-state index contributed by atoms with van der Waals surface area (Å²) >= 11 is 0. The molecule has 1 aromatic rings. The van der Waals surface area contributed by atoms with Gasteiger partial charge in [0.25, 0.3) is 0 Å². The molecule has 1 spiro atoms. The minimum atomic E-state index is -0.184. The molecule has 0 unspecified atom stereocenters. The Morgan fingerprint density at radius 1 is 1.22 bits per heavy atom. The molecule has 2 saturated heterocycles. The fraction of sp³-hybridized carbons (Fsp3) is 0.692. The number of halogens is 1. The van der Waals surface area contributed by atoms with Crippen LogP contribution in [0, 0.1) is 16.6 Å². The zero-order chi connectivity index (χ0) is 22.9. The summed E-state index contributed by atoms with van der Waals surface area (Å²) in [5.74, 6) is 0.337. The number of nitrogens with one attached hydrogen (secondary N) is 2. The Balaban J connectivity index is 1.44. The van der Waals surface area contributed by atoms with Crippen molar-refractivity contribution >= 4 is 11.7 Å². The van der Waals surface area contributed by atoms with Gasteiger partial charge in [0.1, 0.15) is 5.82 Å². The second-order valence-electron chi connectivity index (χ2n) is 11.3. The van der Waals surface area contributed by atoms with Gasteiger partial charge in [0.2, 0.25) is 5.91 Å². The Hall–Kier alpha value is -1.95. The predicted octanol–water partition coefficient (Wildman–Crippen LogP) is 4.62. The van der Waals surface area contributed by atoms with Crippen LogP contribution in [0.3, 0.4) is 0 Å². The van der Waals surface area contributed by atoms with E-state index in [0.29, 0.717) is 11.3 Å². The topological polar surface area (TPSA) is 59.4 Å². The zero-order valence-corrected chi connectivity index (χ0v) is 20.0. The van der Waals surface area contributed by atoms with Gasteiger partial charge in [-0.2, -0.15) is 0 Å². The average molecular weight is 443 g/mol. The third kappa shape index (κ3) is 5.16. The van der Waals surface area contributed by atoms with Crippen molar-refractivity contribution in [2.24, 2.45) is 5.41 Å². The van der Waals surface area contributed by atoms with Crippen LogP contribution in [0.4, 0.5) is 4.39 Å². The summed E-state index contributed by atoms with van der Waals surface area (Å²) in [5.41, 5.74) is 2.56. The molecular weight excluding hydrogens is 403 g/mol. The molecule has 2 fully saturated rings. The van der Waals surface area contributed by atoms with Crippen molar-refractivity contribution in [3.63, 3.8) is 0 Å². The van der Waals surface area contributed by atoms with Crippen LogP contribution in [0.5, 0.6) is 0 Å². The maximum atomic E-state index is 14.3. The number of benzene rings is 1. The summed E-state index contributed by atoms with van der Waals surface area (Å²) in [6.45, 7) is 11.1. The first-order valence-corrected chi connectivity index (χ1v) is 12.3. The smallest absolute Gasteiger partial charge is 0.240 e. The maximum Gasteiger partial charge on any atom is 0.240 e. The van der Waals surface area contributed by atoms with E-state index in [-0.39, 0.29) is 29.7 Å². The molecule has 0 saturated carbocycles. The Morgan fingerprint density at radius 3 is 2.62 bits per heavy atom. The number of carbonyl (C=O) groups is 1. The van der Waals surface area contributed by atoms with Gasteiger partial charge in [-0.25, -0.2) is 4.39 Å². The van der Waals surface area contributed by atoms with Crippen molar-refractivity contribution in [2.45, 2.75) is 77.2 Å². The molecule has 5 nitrogen and oxygen atoms in total. The highest BCUT2D eigenvalue weighted by Gasteiger charge is 2.42. The van der Waals surface area contributed by atoms with E-state index in [1.807, 2.05) is 11.0 Å². The number of hydrogen-bond acceptors (Lipinski definition) is 3. The molecule has 4 rings (SSSR count). The molecule has 2 N–H and O–H groups in total. The van der Waals surface area contributed by atoms with E-state index >= 15 is 0 Å². The number of amidine groups is 1. The SMILES string of the molecule is CC(C)(C)CCN1CCC2(CC[C@@H](NC(=O)CN3CCCC3=N)c3ccc(F)cc32)CC1. The molecule has 32 heavy (non-hydrogen) atoms. The molecule has 6 heteroatoms. The number of fused-ring (bicyclic) bond motifs is 2. The highest BCUT2D eigenvalue weighted by atomic mass is 19.1. The van der Waals surface area contributed by atoms with Gasteiger partial charge in [-0.1, -0.05) is 26.8 Å². The van der Waals surface area contributed by atoms with Crippen LogP contribution in [-0.2, 0) is 10.2 Å². The van der Waals surface area contributed by atoms with Crippen molar-refractivity contribution in [1.82, 2.24) is 15.1 Å². The highest BCUT2D eigenvalue weighted by molar-refractivity contribution is 5.87. The fourth-order valence-electron chi connectivity index (χ4n) is 5.69. The van der Waals surface area contributed by atoms with Crippen molar-refractivity contribution in [2.75, 3.05) is 32.7 Å². The maximum absolute atomic E-state index is 14.3. The quantitative estimate of drug-likeness (QED) is 0.700. The largest absolute Gasteiger partial charge is 0.351 e. The molecule has 176 valence electrons. The zero-order valence-electron chi connectivity index (χ0n) is 20.0. The number of piperidine rings is 1. The average Bonchev–Trinajstić information content (AvgIpc) is 3.13. The van der Waals surface area contributed by atoms with Crippen molar-refractivity contribution in [3.05, 3.63) is 35.1 Å². The van der Waals surface area contributed by atoms with Gasteiger partial charge in [0, 0.05) is 13.0 Å². The van der Waals surface area contributed by atoms with Gasteiger partial charge in [0.05, 0.1) is 18.4 Å². The molecule has 1 atom stereocenters. The number of nitrogens with zero attached hydrogens (tertiary/aromatic N) is 2. The Labute approximate surface area is 192 Å². The minimum absolute atomic E-state index is 0.0218. The first kappa shape index (κ1) is 23.2. The standard InChI is InChI=1S/C26H39FN4O/c1-25(2,3)10-14-30-15-11-26(12-16-30)9-8-22(20-7-6-19(27)17-21(20)26)29-24(32)18-31-13-4-5-23(31)28/h6-7,17,22,28H,4-5,8-16,18H2,1-3H3,(H,29,32)/t22-/m1/s1. The molecule has 2 heterocycles. The summed E-state index contributed by atoms with van der Waals surface area (Å²) in [5, 5.41) is 11.2. The van der Waals surface area contributed by atoms with Crippen molar-refractivity contribution in [3.8, 4) is 0 Å². The Kier molecular flexibility index (Phi) is 6.62. The second kappa shape index (κ2) is 9.12. The number of rotatable bonds is 5. The van der Waals surface area contributed by atoms with Crippen LogP contribution in [0.25, 0.3) is 0 Å². The molecule has 2 aliphatic heterocycles. The van der Waals surface area contributed by atoms with Gasteiger partial charge < -0.3 is 15.1 Å². The van der Waals surface area contributed by atoms with E-state index in [1.54, 1.807) is 6.07 Å². The predicted molar refractivity (Wildman–Crippen MR) is 126 cm³/mol. The molecule has 3 aliphatic rings. The molecule has 1 amide bonds. The first-order valence-electron chi connectivity index (χ1n) is 12.3. The van der Waals surface area contributed by atoms with E-state index in [1.165, 1.54) is 12.5 Å². The number of likely N-dealkylation sites (tertiary alicyclic amines) is 2. The van der Waals surface area contributed by atoms with Gasteiger partial charge in [-0.15, -0.1) is 0 Å². The lowest BCUT2D eigenvalue weighted by Crippen LogP contribution is -2.47. The second-order valence-corrected chi connectivity index (χ2v) is 11.3. The van der Waals surface area contributed by atoms with Gasteiger partial charge >= 0.3 is 0 Å². The first-order chi connectivity index (χ1) is 15.2. The van der Waals surface area contributed by atoms with Crippen LogP contribution in [-0.4, -0.2) is 54.3 Å². The monoisotopic (exact) mass is 442 g/mol. The fourth-order valence-corrected chi connectivity index (χ4v) is 5.69. The van der Waals surface area contributed by atoms with E-state index in [0.717, 1.165) is 75.8 Å². The van der Waals surface area contributed by atoms with Crippen LogP contribution >= 0.6 is 0 Å². The summed E-state index contributed by atoms with van der Waals surface area (Å²) in [6.07, 6.45) is 6.89. The molecule has 0 bridgehead atoms. The third-order valence-corrected chi connectivity index (χ3v) is 7.76. The molecule has 1 aromatic carbocycles. The highest BCUT2D eigenvalue weighted by Crippen LogP contribution is 2.48. The van der Waals surface area contributed by atoms with Gasteiger partial charge in [-0.05, 0) is 92.2 Å². The van der Waals surface area contributed by atoms with Gasteiger partial charge in [-0.3, -0.25) is 10.2 Å². The van der Waals surface area contributed by atoms with E-state index in [4.69, 9.17) is 5.41 Å². The van der Waals surface area contributed by atoms with Crippen LogP contribution < -0.4 is 5.32 Å². The summed E-state index contributed by atoms with van der Waals surface area (Å²) < 4.78 is 14.3. The number of hydrogen-bond donors (Lipinski definition) is 2. The summed E-state index contributed by atoms with van der Waals surface area (Å²) in [6, 6.07) is 5.08.